The van der Waals surface area contributed by atoms with E-state index in [1.807, 2.05) is 24.3 Å². The van der Waals surface area contributed by atoms with Gasteiger partial charge in [0.15, 0.2) is 5.41 Å². The molecule has 0 saturated heterocycles. The van der Waals surface area contributed by atoms with Crippen LogP contribution in [0.4, 0.5) is 0 Å². The summed E-state index contributed by atoms with van der Waals surface area (Å²) in [5, 5.41) is 38.9. The van der Waals surface area contributed by atoms with Gasteiger partial charge in [0.25, 0.3) is 0 Å². The Kier molecular flexibility index (Phi) is 5.07. The van der Waals surface area contributed by atoms with E-state index in [9.17, 15) is 15.8 Å². The molecule has 2 aliphatic rings. The van der Waals surface area contributed by atoms with Crippen LogP contribution in [0.2, 0.25) is 5.02 Å². The summed E-state index contributed by atoms with van der Waals surface area (Å²) in [7, 11) is 0. The molecule has 136 valence electrons. The maximum atomic E-state index is 9.89. The van der Waals surface area contributed by atoms with Crippen molar-refractivity contribution in [2.24, 2.45) is 17.3 Å². The largest absolute Gasteiger partial charge is 0.329 e. The van der Waals surface area contributed by atoms with Crippen molar-refractivity contribution in [1.82, 2.24) is 0 Å². The molecule has 1 fully saturated rings. The van der Waals surface area contributed by atoms with Crippen LogP contribution < -0.4 is 4.90 Å². The molecule has 0 amide bonds. The van der Waals surface area contributed by atoms with Gasteiger partial charge in [-0.05, 0) is 37.1 Å². The van der Waals surface area contributed by atoms with Gasteiger partial charge < -0.3 is 10.3 Å². The number of benzene rings is 1. The van der Waals surface area contributed by atoms with Crippen molar-refractivity contribution in [2.45, 2.75) is 25.8 Å². The molecule has 1 aliphatic carbocycles. The number of quaternary nitrogens is 1. The zero-order chi connectivity index (χ0) is 19.8. The lowest BCUT2D eigenvalue weighted by Crippen LogP contribution is -3.16. The molecular weight excluding hydrogens is 358 g/mol. The molecule has 4 atom stereocenters. The average Bonchev–Trinajstić information content (AvgIpc) is 2.67. The lowest BCUT2D eigenvalue weighted by molar-refractivity contribution is -0.920. The number of hydrogen-bond acceptors (Lipinski definition) is 4. The first-order valence-corrected chi connectivity index (χ1v) is 9.39. The molecule has 0 aromatic heterocycles. The first kappa shape index (κ1) is 19.1. The second-order valence-corrected chi connectivity index (χ2v) is 7.94. The highest BCUT2D eigenvalue weighted by atomic mass is 35.5. The lowest BCUT2D eigenvalue weighted by atomic mass is 9.55. The van der Waals surface area contributed by atoms with Gasteiger partial charge in [0.1, 0.15) is 5.92 Å². The third kappa shape index (κ3) is 2.83. The van der Waals surface area contributed by atoms with Crippen molar-refractivity contribution >= 4 is 17.3 Å². The highest BCUT2D eigenvalue weighted by molar-refractivity contribution is 6.31. The van der Waals surface area contributed by atoms with Crippen molar-refractivity contribution in [2.75, 3.05) is 13.1 Å². The predicted octanol–water partition coefficient (Wildman–Crippen LogP) is 2.48. The number of nitriles is 3. The summed E-state index contributed by atoms with van der Waals surface area (Å²) in [6.45, 7) is 5.67. The van der Waals surface area contributed by atoms with Crippen LogP contribution in [0.5, 0.6) is 0 Å². The lowest BCUT2D eigenvalue weighted by Gasteiger charge is -2.46. The zero-order valence-corrected chi connectivity index (χ0v) is 16.1. The topological polar surface area (TPSA) is 99.7 Å². The molecule has 0 spiro atoms. The summed E-state index contributed by atoms with van der Waals surface area (Å²) in [6, 6.07) is 14.0. The van der Waals surface area contributed by atoms with Crippen LogP contribution in [0.1, 0.15) is 25.3 Å². The van der Waals surface area contributed by atoms with Crippen molar-refractivity contribution in [3.05, 3.63) is 46.5 Å². The van der Waals surface area contributed by atoms with Crippen LogP contribution in [0, 0.1) is 56.7 Å². The third-order valence-corrected chi connectivity index (χ3v) is 6.29. The molecule has 3 rings (SSSR count). The maximum absolute atomic E-state index is 9.89. The number of nitrogens with one attached hydrogen (secondary N) is 2. The second kappa shape index (κ2) is 7.16. The molecule has 2 N–H and O–H groups in total. The Balaban J connectivity index is 2.24. The van der Waals surface area contributed by atoms with E-state index < -0.39 is 17.3 Å². The number of halogens is 1. The minimum atomic E-state index is -1.60. The standard InChI is InChI=1S/C21H20ClN5/c1-13(2)27-8-7-16-15(10-27)19(14-5-3-4-6-18(14)22)20(26)17(9-23)21(16,11-24)12-25/h3-7,13,15,17,19,26H,8,10H2,1-2H3/p+1/t15-,17?,19-/m1/s1. The van der Waals surface area contributed by atoms with Crippen molar-refractivity contribution in [1.29, 1.82) is 21.2 Å². The maximum Gasteiger partial charge on any atom is 0.186 e. The van der Waals surface area contributed by atoms with Gasteiger partial charge in [-0.3, -0.25) is 0 Å². The van der Waals surface area contributed by atoms with E-state index in [1.165, 1.54) is 4.90 Å². The highest BCUT2D eigenvalue weighted by Gasteiger charge is 2.58. The molecule has 1 aromatic rings. The van der Waals surface area contributed by atoms with Gasteiger partial charge in [-0.1, -0.05) is 29.8 Å². The van der Waals surface area contributed by atoms with Crippen LogP contribution in [-0.4, -0.2) is 24.8 Å². The van der Waals surface area contributed by atoms with Crippen molar-refractivity contribution in [3.63, 3.8) is 0 Å². The third-order valence-electron chi connectivity index (χ3n) is 5.94. The molecule has 0 bridgehead atoms. The zero-order valence-electron chi connectivity index (χ0n) is 15.3. The van der Waals surface area contributed by atoms with Gasteiger partial charge in [-0.25, -0.2) is 0 Å². The van der Waals surface area contributed by atoms with Crippen LogP contribution in [-0.2, 0) is 0 Å². The molecule has 0 radical (unpaired) electrons. The molecular formula is C21H21ClN5+. The van der Waals surface area contributed by atoms with E-state index in [4.69, 9.17) is 17.0 Å². The summed E-state index contributed by atoms with van der Waals surface area (Å²) in [5.41, 5.74) is -0.0171. The Morgan fingerprint density at radius 1 is 1.22 bits per heavy atom. The van der Waals surface area contributed by atoms with Crippen LogP contribution in [0.3, 0.4) is 0 Å². The van der Waals surface area contributed by atoms with E-state index in [0.717, 1.165) is 5.56 Å². The van der Waals surface area contributed by atoms with Gasteiger partial charge in [-0.2, -0.15) is 15.8 Å². The number of rotatable bonds is 2. The number of nitrogens with zero attached hydrogens (tertiary/aromatic N) is 3. The predicted molar refractivity (Wildman–Crippen MR) is 102 cm³/mol. The highest BCUT2D eigenvalue weighted by Crippen LogP contribution is 2.52. The van der Waals surface area contributed by atoms with Crippen LogP contribution >= 0.6 is 11.6 Å². The van der Waals surface area contributed by atoms with Crippen molar-refractivity contribution < 1.29 is 4.90 Å². The molecule has 6 heteroatoms. The van der Waals surface area contributed by atoms with Gasteiger partial charge in [0.2, 0.25) is 0 Å². The Morgan fingerprint density at radius 3 is 2.44 bits per heavy atom. The van der Waals surface area contributed by atoms with E-state index in [-0.39, 0.29) is 11.6 Å². The smallest absolute Gasteiger partial charge is 0.186 e. The molecule has 27 heavy (non-hydrogen) atoms. The van der Waals surface area contributed by atoms with E-state index in [1.54, 1.807) is 6.07 Å². The first-order chi connectivity index (χ1) is 12.9. The molecule has 5 nitrogen and oxygen atoms in total. The van der Waals surface area contributed by atoms with Crippen LogP contribution in [0.25, 0.3) is 0 Å². The Morgan fingerprint density at radius 2 is 1.89 bits per heavy atom. The van der Waals surface area contributed by atoms with Gasteiger partial charge >= 0.3 is 0 Å². The molecule has 1 aromatic carbocycles. The SMILES string of the molecule is CC(C)[NH+]1CC=C2[C@@H](C1)[C@@H](c1ccccc1Cl)C(=N)C(C#N)C2(C#N)C#N. The fourth-order valence-corrected chi connectivity index (χ4v) is 4.70. The van der Waals surface area contributed by atoms with E-state index in [0.29, 0.717) is 29.7 Å². The summed E-state index contributed by atoms with van der Waals surface area (Å²) in [6.07, 6.45) is 1.95. The Hall–Kier alpha value is -2.65. The molecule has 1 aliphatic heterocycles. The van der Waals surface area contributed by atoms with Gasteiger partial charge in [0, 0.05) is 22.6 Å². The van der Waals surface area contributed by atoms with Crippen LogP contribution in [0.15, 0.2) is 35.9 Å². The average molecular weight is 379 g/mol. The van der Waals surface area contributed by atoms with Gasteiger partial charge in [0.05, 0.1) is 37.3 Å². The summed E-state index contributed by atoms with van der Waals surface area (Å²) in [5.74, 6) is -1.71. The fourth-order valence-electron chi connectivity index (χ4n) is 4.45. The normalized spacial score (nSPS) is 29.1. The fraction of sp³-hybridized carbons (Fsp3) is 0.429. The number of fused-ring (bicyclic) bond motifs is 1. The number of hydrogen-bond donors (Lipinski definition) is 2. The first-order valence-electron chi connectivity index (χ1n) is 9.01. The minimum Gasteiger partial charge on any atom is -0.329 e. The summed E-state index contributed by atoms with van der Waals surface area (Å²) >= 11 is 6.45. The Labute approximate surface area is 164 Å². The van der Waals surface area contributed by atoms with E-state index >= 15 is 0 Å². The molecule has 2 unspecified atom stereocenters. The molecule has 1 saturated carbocycles. The summed E-state index contributed by atoms with van der Waals surface area (Å²) < 4.78 is 0. The monoisotopic (exact) mass is 378 g/mol. The molecule has 1 heterocycles. The van der Waals surface area contributed by atoms with Crippen molar-refractivity contribution in [3.8, 4) is 18.2 Å². The van der Waals surface area contributed by atoms with E-state index in [2.05, 4.69) is 32.1 Å². The quantitative estimate of drug-likeness (QED) is 0.773. The van der Waals surface area contributed by atoms with Gasteiger partial charge in [-0.15, -0.1) is 0 Å². The summed E-state index contributed by atoms with van der Waals surface area (Å²) in [4.78, 5) is 1.33. The minimum absolute atomic E-state index is 0.112. The Bertz CT molecular complexity index is 913. The second-order valence-electron chi connectivity index (χ2n) is 7.54.